The first-order chi connectivity index (χ1) is 9.19. The maximum absolute atomic E-state index is 12.0. The number of hydrogen-bond acceptors (Lipinski definition) is 2. The molecule has 1 N–H and O–H groups in total. The summed E-state index contributed by atoms with van der Waals surface area (Å²) in [5.74, 6) is 2.98. The molecule has 4 nitrogen and oxygen atoms in total. The van der Waals surface area contributed by atoms with Crippen molar-refractivity contribution in [3.63, 3.8) is 0 Å². The number of pyridine rings is 1. The molecule has 1 aromatic heterocycles. The minimum absolute atomic E-state index is 0.0473. The summed E-state index contributed by atoms with van der Waals surface area (Å²) in [6.07, 6.45) is 5.69. The summed E-state index contributed by atoms with van der Waals surface area (Å²) in [7, 11) is 0. The molecule has 1 aromatic carbocycles. The number of H-pyrrole nitrogens is 1. The summed E-state index contributed by atoms with van der Waals surface area (Å²) < 4.78 is 0. The normalized spacial score (nSPS) is 18.8. The molecule has 94 valence electrons. The number of anilines is 1. The Hall–Kier alpha value is -2.54. The first-order valence-electron chi connectivity index (χ1n) is 6.07. The lowest BCUT2D eigenvalue weighted by Gasteiger charge is -2.16. The number of rotatable bonds is 1. The Morgan fingerprint density at radius 2 is 2.11 bits per heavy atom. The zero-order valence-electron chi connectivity index (χ0n) is 10.2. The zero-order chi connectivity index (χ0) is 13.4. The van der Waals surface area contributed by atoms with E-state index in [1.54, 1.807) is 11.0 Å². The van der Waals surface area contributed by atoms with Crippen molar-refractivity contribution >= 4 is 22.6 Å². The molecule has 1 amide bonds. The first-order valence-corrected chi connectivity index (χ1v) is 6.07. The van der Waals surface area contributed by atoms with E-state index in [2.05, 4.69) is 10.9 Å². The van der Waals surface area contributed by atoms with Crippen molar-refractivity contribution in [3.05, 3.63) is 40.6 Å². The van der Waals surface area contributed by atoms with Gasteiger partial charge in [0.15, 0.2) is 5.43 Å². The van der Waals surface area contributed by atoms with E-state index in [1.165, 1.54) is 6.07 Å². The summed E-state index contributed by atoms with van der Waals surface area (Å²) in [5.41, 5.74) is 0.628. The molecule has 0 bridgehead atoms. The number of nitrogens with zero attached hydrogens (tertiary/aromatic N) is 1. The highest BCUT2D eigenvalue weighted by Gasteiger charge is 2.30. The summed E-state index contributed by atoms with van der Waals surface area (Å²) >= 11 is 0. The largest absolute Gasteiger partial charge is 0.341 e. The Kier molecular flexibility index (Phi) is 2.60. The van der Waals surface area contributed by atoms with Gasteiger partial charge in [-0.25, -0.2) is 0 Å². The fraction of sp³-hybridized carbons (Fsp3) is 0.200. The predicted molar refractivity (Wildman–Crippen MR) is 73.9 cm³/mol. The molecule has 0 saturated carbocycles. The topological polar surface area (TPSA) is 53.2 Å². The lowest BCUT2D eigenvalue weighted by atomic mass is 10.1. The number of hydrogen-bond donors (Lipinski definition) is 1. The second-order valence-corrected chi connectivity index (χ2v) is 4.64. The van der Waals surface area contributed by atoms with Gasteiger partial charge in [0, 0.05) is 30.3 Å². The lowest BCUT2D eigenvalue weighted by Crippen LogP contribution is -2.26. The average molecular weight is 252 g/mol. The number of benzene rings is 1. The first kappa shape index (κ1) is 11.5. The fourth-order valence-corrected chi connectivity index (χ4v) is 2.38. The number of amides is 1. The van der Waals surface area contributed by atoms with Crippen molar-refractivity contribution in [2.24, 2.45) is 5.92 Å². The number of aromatic amines is 1. The van der Waals surface area contributed by atoms with Crippen LogP contribution in [-0.2, 0) is 4.79 Å². The van der Waals surface area contributed by atoms with Crippen LogP contribution in [0.4, 0.5) is 5.82 Å². The maximum atomic E-state index is 12.0. The van der Waals surface area contributed by atoms with Crippen molar-refractivity contribution in [3.8, 4) is 12.3 Å². The van der Waals surface area contributed by atoms with E-state index >= 15 is 0 Å². The van der Waals surface area contributed by atoms with Crippen molar-refractivity contribution in [2.75, 3.05) is 11.4 Å². The van der Waals surface area contributed by atoms with Crippen LogP contribution < -0.4 is 10.3 Å². The van der Waals surface area contributed by atoms with Crippen LogP contribution in [-0.4, -0.2) is 17.4 Å². The fourth-order valence-electron chi connectivity index (χ4n) is 2.38. The average Bonchev–Trinajstić information content (AvgIpc) is 2.80. The van der Waals surface area contributed by atoms with Gasteiger partial charge in [-0.2, -0.15) is 0 Å². The van der Waals surface area contributed by atoms with Gasteiger partial charge < -0.3 is 4.98 Å². The van der Waals surface area contributed by atoms with Gasteiger partial charge in [0.2, 0.25) is 5.91 Å². The highest BCUT2D eigenvalue weighted by molar-refractivity contribution is 5.96. The molecule has 4 heteroatoms. The Bertz CT molecular complexity index is 755. The summed E-state index contributed by atoms with van der Waals surface area (Å²) in [6, 6.07) is 8.69. The van der Waals surface area contributed by atoms with Crippen molar-refractivity contribution in [1.29, 1.82) is 0 Å². The molecule has 19 heavy (non-hydrogen) atoms. The smallest absolute Gasteiger partial charge is 0.229 e. The number of fused-ring (bicyclic) bond motifs is 1. The molecule has 1 atom stereocenters. The third-order valence-electron chi connectivity index (χ3n) is 3.37. The van der Waals surface area contributed by atoms with E-state index in [0.29, 0.717) is 24.2 Å². The Balaban J connectivity index is 2.10. The second-order valence-electron chi connectivity index (χ2n) is 4.64. The van der Waals surface area contributed by atoms with E-state index in [4.69, 9.17) is 6.42 Å². The number of carbonyl (C=O) groups is 1. The highest BCUT2D eigenvalue weighted by atomic mass is 16.2. The Morgan fingerprint density at radius 3 is 2.84 bits per heavy atom. The number of nitrogens with one attached hydrogen (secondary N) is 1. The van der Waals surface area contributed by atoms with Crippen LogP contribution in [0.5, 0.6) is 0 Å². The molecular formula is C15H12N2O2. The minimum atomic E-state index is -0.0960. The molecule has 2 aromatic rings. The van der Waals surface area contributed by atoms with E-state index in [1.807, 2.05) is 18.2 Å². The van der Waals surface area contributed by atoms with Gasteiger partial charge in [-0.15, -0.1) is 12.3 Å². The van der Waals surface area contributed by atoms with Crippen molar-refractivity contribution in [1.82, 2.24) is 4.98 Å². The SMILES string of the molecule is C#CC1CC(=O)N(c2cc(=O)c3ccccc3[nH]2)C1. The van der Waals surface area contributed by atoms with E-state index in [9.17, 15) is 9.59 Å². The van der Waals surface area contributed by atoms with Crippen LogP contribution in [0.15, 0.2) is 35.1 Å². The molecule has 2 heterocycles. The van der Waals surface area contributed by atoms with Crippen LogP contribution in [0.3, 0.4) is 0 Å². The third-order valence-corrected chi connectivity index (χ3v) is 3.37. The molecule has 1 saturated heterocycles. The van der Waals surface area contributed by atoms with Gasteiger partial charge in [0.1, 0.15) is 5.82 Å². The van der Waals surface area contributed by atoms with Crippen LogP contribution in [0.1, 0.15) is 6.42 Å². The summed E-state index contributed by atoms with van der Waals surface area (Å²) in [5, 5.41) is 0.617. The van der Waals surface area contributed by atoms with Crippen LogP contribution in [0, 0.1) is 18.3 Å². The van der Waals surface area contributed by atoms with Gasteiger partial charge in [0.25, 0.3) is 0 Å². The maximum Gasteiger partial charge on any atom is 0.229 e. The Labute approximate surface area is 110 Å². The monoisotopic (exact) mass is 252 g/mol. The van der Waals surface area contributed by atoms with Gasteiger partial charge >= 0.3 is 0 Å². The summed E-state index contributed by atoms with van der Waals surface area (Å²) in [4.78, 5) is 28.6. The van der Waals surface area contributed by atoms with Gasteiger partial charge in [-0.05, 0) is 12.1 Å². The lowest BCUT2D eigenvalue weighted by molar-refractivity contribution is -0.117. The molecule has 0 spiro atoms. The van der Waals surface area contributed by atoms with E-state index in [-0.39, 0.29) is 17.3 Å². The molecule has 1 fully saturated rings. The molecular weight excluding hydrogens is 240 g/mol. The molecule has 1 aliphatic heterocycles. The Morgan fingerprint density at radius 1 is 1.32 bits per heavy atom. The number of carbonyl (C=O) groups excluding carboxylic acids is 1. The minimum Gasteiger partial charge on any atom is -0.341 e. The second kappa shape index (κ2) is 4.29. The zero-order valence-corrected chi connectivity index (χ0v) is 10.2. The quantitative estimate of drug-likeness (QED) is 0.782. The number of terminal acetylenes is 1. The molecule has 1 aliphatic rings. The molecule has 0 aliphatic carbocycles. The predicted octanol–water partition coefficient (Wildman–Crippen LogP) is 1.51. The summed E-state index contributed by atoms with van der Waals surface area (Å²) in [6.45, 7) is 0.462. The van der Waals surface area contributed by atoms with Crippen LogP contribution in [0.2, 0.25) is 0 Å². The van der Waals surface area contributed by atoms with Gasteiger partial charge in [-0.1, -0.05) is 12.1 Å². The molecule has 3 rings (SSSR count). The molecule has 0 radical (unpaired) electrons. The van der Waals surface area contributed by atoms with E-state index < -0.39 is 0 Å². The van der Waals surface area contributed by atoms with Crippen molar-refractivity contribution < 1.29 is 4.79 Å². The number of aromatic nitrogens is 1. The van der Waals surface area contributed by atoms with E-state index in [0.717, 1.165) is 5.52 Å². The van der Waals surface area contributed by atoms with Gasteiger partial charge in [0.05, 0.1) is 5.52 Å². The highest BCUT2D eigenvalue weighted by Crippen LogP contribution is 2.23. The van der Waals surface area contributed by atoms with Gasteiger partial charge in [-0.3, -0.25) is 14.5 Å². The molecule has 1 unspecified atom stereocenters. The third kappa shape index (κ3) is 1.89. The number of para-hydroxylation sites is 1. The van der Waals surface area contributed by atoms with Crippen molar-refractivity contribution in [2.45, 2.75) is 6.42 Å². The van der Waals surface area contributed by atoms with Crippen LogP contribution in [0.25, 0.3) is 10.9 Å². The standard InChI is InChI=1S/C15H12N2O2/c1-2-10-7-15(19)17(9-10)14-8-13(18)11-5-3-4-6-12(11)16-14/h1,3-6,8,10H,7,9H2,(H,16,18). The van der Waals surface area contributed by atoms with Crippen LogP contribution >= 0.6 is 0 Å².